The van der Waals surface area contributed by atoms with Crippen LogP contribution in [0.1, 0.15) is 100 Å². The van der Waals surface area contributed by atoms with E-state index < -0.39 is 136 Å². The minimum absolute atomic E-state index is 0.00873. The van der Waals surface area contributed by atoms with Crippen molar-refractivity contribution in [3.63, 3.8) is 0 Å². The summed E-state index contributed by atoms with van der Waals surface area (Å²) in [6.07, 6.45) is -15.6. The van der Waals surface area contributed by atoms with Crippen molar-refractivity contribution in [3.05, 3.63) is 218 Å². The van der Waals surface area contributed by atoms with Gasteiger partial charge in [0, 0.05) is 53.3 Å². The lowest BCUT2D eigenvalue weighted by molar-refractivity contribution is -0.276. The molecule has 6 aromatic rings. The van der Waals surface area contributed by atoms with E-state index in [1.165, 1.54) is 61.5 Å². The molecule has 9 rings (SSSR count). The molecule has 1 N–H and O–H groups in total. The molecule has 0 spiro atoms. The van der Waals surface area contributed by atoms with Crippen LogP contribution in [0.25, 0.3) is 0 Å². The van der Waals surface area contributed by atoms with Gasteiger partial charge in [-0.25, -0.2) is 18.0 Å². The number of amides is 2. The number of oxime groups is 3. The first-order chi connectivity index (χ1) is 40.9. The Hall–Kier alpha value is -7.06. The number of nitrogens with zero attached hydrogens (tertiary/aromatic N) is 4. The number of hydrogen-bond acceptors (Lipinski definition) is 10. The zero-order chi connectivity index (χ0) is 65.6. The number of halogens is 19. The highest BCUT2D eigenvalue weighted by Crippen LogP contribution is 2.53. The molecule has 0 saturated heterocycles. The van der Waals surface area contributed by atoms with Crippen molar-refractivity contribution in [2.75, 3.05) is 0 Å². The molecule has 0 saturated carbocycles. The van der Waals surface area contributed by atoms with Crippen LogP contribution in [0.15, 0.2) is 119 Å². The van der Waals surface area contributed by atoms with Gasteiger partial charge in [-0.3, -0.25) is 19.3 Å². The monoisotopic (exact) mass is 1380 g/mol. The number of benzene rings is 6. The van der Waals surface area contributed by atoms with Crippen LogP contribution in [0, 0.1) is 38.2 Å². The SMILES string of the molecule is C=CN(C=O)C(=O)c1ccc(C2=NO[C@@](c3cc(Cl)c(F)c(Cl)c3)(C(F)(F)F)C2)cc1C.Cc1cc(C2=NO[C@@](c3cc(Cl)c(F)c(Cl)c3)(C(F)(F)F)C2)ccc1C(=O)Cl.Cc1cc(C2=NO[C@@](c3cc(Cl)c(F)c(Cl)c3)(C(F)(F)F)C2)ccc1C(=O)O. The van der Waals surface area contributed by atoms with Crippen molar-refractivity contribution in [3.8, 4) is 0 Å². The van der Waals surface area contributed by atoms with E-state index in [9.17, 15) is 71.9 Å². The number of alkyl halides is 9. The summed E-state index contributed by atoms with van der Waals surface area (Å²) in [4.78, 5) is 61.0. The molecule has 2 amide bonds. The Morgan fingerprint density at radius 3 is 1.01 bits per heavy atom. The van der Waals surface area contributed by atoms with Crippen LogP contribution in [0.3, 0.4) is 0 Å². The molecule has 3 aliphatic rings. The number of carbonyl (C=O) groups excluding carboxylic acids is 3. The molecule has 0 fully saturated rings. The quantitative estimate of drug-likeness (QED) is 0.0581. The zero-order valence-electron chi connectivity index (χ0n) is 44.4. The van der Waals surface area contributed by atoms with Gasteiger partial charge in [-0.1, -0.05) is 110 Å². The van der Waals surface area contributed by atoms with Crippen molar-refractivity contribution in [1.82, 2.24) is 4.90 Å². The first-order valence-electron chi connectivity index (χ1n) is 24.4. The predicted octanol–water partition coefficient (Wildman–Crippen LogP) is 17.9. The topological polar surface area (TPSA) is 157 Å². The van der Waals surface area contributed by atoms with Crippen LogP contribution < -0.4 is 0 Å². The maximum absolute atomic E-state index is 14.1. The van der Waals surface area contributed by atoms with Crippen molar-refractivity contribution in [2.45, 2.75) is 75.4 Å². The minimum Gasteiger partial charge on any atom is -0.478 e. The van der Waals surface area contributed by atoms with Gasteiger partial charge in [0.05, 0.1) is 52.8 Å². The summed E-state index contributed by atoms with van der Waals surface area (Å²) in [5.74, 6) is -4.92. The summed E-state index contributed by atoms with van der Waals surface area (Å²) in [6, 6.07) is 17.3. The number of carboxylic acid groups (broad SMARTS) is 1. The molecule has 12 nitrogen and oxygen atoms in total. The molecular weight excluding hydrogens is 1340 g/mol. The van der Waals surface area contributed by atoms with Gasteiger partial charge in [-0.2, -0.15) is 39.5 Å². The van der Waals surface area contributed by atoms with Crippen LogP contribution in [0.4, 0.5) is 52.7 Å². The molecule has 0 aliphatic carbocycles. The fraction of sp³-hybridized carbons (Fsp3) is 0.211. The molecule has 3 atom stereocenters. The normalized spacial score (nSPS) is 18.9. The van der Waals surface area contributed by atoms with Crippen LogP contribution in [-0.4, -0.2) is 69.2 Å². The van der Waals surface area contributed by atoms with E-state index in [1.807, 2.05) is 0 Å². The van der Waals surface area contributed by atoms with Gasteiger partial charge in [-0.15, -0.1) is 0 Å². The van der Waals surface area contributed by atoms with Crippen LogP contribution in [-0.2, 0) is 36.1 Å². The van der Waals surface area contributed by atoms with E-state index in [0.29, 0.717) is 22.3 Å². The average molecular weight is 1380 g/mol. The highest BCUT2D eigenvalue weighted by Gasteiger charge is 2.65. The number of rotatable bonds is 11. The standard InChI is InChI=1S/C21H14Cl2F4N2O3.C18H10Cl3F4NO2.C18H11Cl2F4NO3/c1-3-29(10-30)19(31)14-5-4-12(6-11(14)2)17-9-20(32-28-17,21(25,26)27)13-7-15(22)18(24)16(23)8-13;1-8-4-9(2-3-11(8)16(21)27)14-7-17(28-26-14,18(23,24)25)10-5-12(19)15(22)13(20)6-10;1-8-4-9(2-3-11(8)16(26)27)14-7-17(28-25-14,18(22,23)24)10-5-12(19)15(21)13(20)6-10/h3-8,10H,1,9H2,2H3;2-6H,7H2,1H3;2-6H,7H2,1H3,(H,26,27)/t20-;2*17-/m000/s1. The number of hydrogen-bond donors (Lipinski definition) is 1. The maximum Gasteiger partial charge on any atom is 0.435 e. The Morgan fingerprint density at radius 2 is 0.784 bits per heavy atom. The van der Waals surface area contributed by atoms with Gasteiger partial charge in [0.2, 0.25) is 6.41 Å². The van der Waals surface area contributed by atoms with Crippen molar-refractivity contribution >= 4 is 122 Å². The molecule has 3 aliphatic heterocycles. The highest BCUT2D eigenvalue weighted by atomic mass is 35.5. The molecule has 6 aromatic carbocycles. The average Bonchev–Trinajstić information content (AvgIpc) is 1.77. The Balaban J connectivity index is 0.000000189. The molecule has 3 heterocycles. The number of imide groups is 1. The first kappa shape index (κ1) is 68.4. The molecule has 0 unspecified atom stereocenters. The van der Waals surface area contributed by atoms with E-state index >= 15 is 0 Å². The Labute approximate surface area is 524 Å². The third kappa shape index (κ3) is 13.3. The first-order valence-corrected chi connectivity index (χ1v) is 27.1. The number of aryl methyl sites for hydroxylation is 3. The van der Waals surface area contributed by atoms with E-state index in [0.717, 1.165) is 47.5 Å². The summed E-state index contributed by atoms with van der Waals surface area (Å²) in [5.41, 5.74) is -7.82. The van der Waals surface area contributed by atoms with Crippen LogP contribution in [0.2, 0.25) is 30.1 Å². The lowest BCUT2D eigenvalue weighted by Crippen LogP contribution is -2.42. The van der Waals surface area contributed by atoms with Gasteiger partial charge < -0.3 is 19.6 Å². The van der Waals surface area contributed by atoms with E-state index in [1.54, 1.807) is 13.8 Å². The molecule has 0 radical (unpaired) electrons. The summed E-state index contributed by atoms with van der Waals surface area (Å²) in [6.45, 7) is 8.02. The third-order valence-corrected chi connectivity index (χ3v) is 15.7. The van der Waals surface area contributed by atoms with Crippen LogP contribution >= 0.6 is 81.2 Å². The Morgan fingerprint density at radius 1 is 0.511 bits per heavy atom. The third-order valence-electron chi connectivity index (χ3n) is 13.8. The molecular formula is C57H35Cl7F12N4O8. The second kappa shape index (κ2) is 25.8. The second-order valence-electron chi connectivity index (χ2n) is 19.3. The predicted molar refractivity (Wildman–Crippen MR) is 302 cm³/mol. The summed E-state index contributed by atoms with van der Waals surface area (Å²) in [7, 11) is 0. The molecule has 0 bridgehead atoms. The van der Waals surface area contributed by atoms with E-state index in [-0.39, 0.29) is 51.4 Å². The van der Waals surface area contributed by atoms with Crippen molar-refractivity contribution in [1.29, 1.82) is 0 Å². The van der Waals surface area contributed by atoms with Crippen molar-refractivity contribution < 1.29 is 91.5 Å². The molecule has 464 valence electrons. The maximum atomic E-state index is 14.1. The van der Waals surface area contributed by atoms with Crippen LogP contribution in [0.5, 0.6) is 0 Å². The lowest BCUT2D eigenvalue weighted by Gasteiger charge is -2.29. The second-order valence-corrected chi connectivity index (χ2v) is 22.1. The highest BCUT2D eigenvalue weighted by molar-refractivity contribution is 6.68. The summed E-state index contributed by atoms with van der Waals surface area (Å²) < 4.78 is 167. The number of carboxylic acids is 1. The molecule has 0 aromatic heterocycles. The van der Waals surface area contributed by atoms with Crippen molar-refractivity contribution in [2.24, 2.45) is 15.5 Å². The molecule has 88 heavy (non-hydrogen) atoms. The van der Waals surface area contributed by atoms with Gasteiger partial charge in [0.1, 0.15) is 0 Å². The number of aromatic carboxylic acids is 1. The Kier molecular flexibility index (Phi) is 20.1. The summed E-state index contributed by atoms with van der Waals surface area (Å²) >= 11 is 39.5. The minimum atomic E-state index is -4.94. The largest absolute Gasteiger partial charge is 0.478 e. The molecule has 31 heteroatoms. The van der Waals surface area contributed by atoms with Gasteiger partial charge in [0.25, 0.3) is 28.0 Å². The van der Waals surface area contributed by atoms with E-state index in [2.05, 4.69) is 22.0 Å². The Bertz CT molecular complexity index is 3720. The fourth-order valence-corrected chi connectivity index (χ4v) is 10.8. The van der Waals surface area contributed by atoms with Gasteiger partial charge in [0.15, 0.2) is 17.5 Å². The fourth-order valence-electron chi connectivity index (χ4n) is 9.08. The smallest absolute Gasteiger partial charge is 0.435 e. The van der Waals surface area contributed by atoms with Gasteiger partial charge in [-0.05, 0) is 139 Å². The zero-order valence-corrected chi connectivity index (χ0v) is 49.7. The van der Waals surface area contributed by atoms with E-state index in [4.69, 9.17) is 101 Å². The summed E-state index contributed by atoms with van der Waals surface area (Å²) in [5, 5.41) is 15.7. The number of carbonyl (C=O) groups is 4. The lowest BCUT2D eigenvalue weighted by atomic mass is 9.86. The van der Waals surface area contributed by atoms with Gasteiger partial charge >= 0.3 is 24.5 Å².